The molecule has 0 aliphatic carbocycles. The number of carbonyl (C=O) groups is 2. The van der Waals surface area contributed by atoms with Crippen molar-refractivity contribution in [1.82, 2.24) is 0 Å². The first-order valence-corrected chi connectivity index (χ1v) is 7.71. The Morgan fingerprint density at radius 1 is 1.00 bits per heavy atom. The summed E-state index contributed by atoms with van der Waals surface area (Å²) in [6, 6.07) is 5.58. The van der Waals surface area contributed by atoms with Crippen LogP contribution in [0.25, 0.3) is 0 Å². The lowest BCUT2D eigenvalue weighted by Gasteiger charge is -2.07. The average Bonchev–Trinajstić information content (AvgIpc) is 2.57. The lowest BCUT2D eigenvalue weighted by molar-refractivity contribution is -0.384. The molecule has 1 aromatic rings. The van der Waals surface area contributed by atoms with Gasteiger partial charge in [0.1, 0.15) is 19.0 Å². The molecule has 0 bridgehead atoms. The van der Waals surface area contributed by atoms with Crippen molar-refractivity contribution in [2.45, 2.75) is 32.6 Å². The molecule has 24 heavy (non-hydrogen) atoms. The van der Waals surface area contributed by atoms with Crippen LogP contribution in [0, 0.1) is 10.1 Å². The molecule has 0 radical (unpaired) electrons. The minimum absolute atomic E-state index is 0.00818. The number of unbranched alkanes of at least 4 members (excludes halogenated alkanes) is 1. The molecule has 0 heterocycles. The van der Waals surface area contributed by atoms with E-state index in [0.29, 0.717) is 12.4 Å². The van der Waals surface area contributed by atoms with Gasteiger partial charge in [0, 0.05) is 12.1 Å². The molecule has 0 N–H and O–H groups in total. The van der Waals surface area contributed by atoms with Gasteiger partial charge in [-0.1, -0.05) is 13.3 Å². The highest BCUT2D eigenvalue weighted by Crippen LogP contribution is 2.17. The maximum atomic E-state index is 11.4. The van der Waals surface area contributed by atoms with Crippen LogP contribution in [-0.2, 0) is 19.1 Å². The highest BCUT2D eigenvalue weighted by molar-refractivity contribution is 5.77. The van der Waals surface area contributed by atoms with Gasteiger partial charge < -0.3 is 14.2 Å². The highest BCUT2D eigenvalue weighted by atomic mass is 16.6. The number of esters is 2. The first kappa shape index (κ1) is 19.4. The van der Waals surface area contributed by atoms with Gasteiger partial charge in [0.15, 0.2) is 0 Å². The Labute approximate surface area is 139 Å². The number of hydrogen-bond donors (Lipinski definition) is 0. The Hall–Kier alpha value is -2.64. The van der Waals surface area contributed by atoms with E-state index >= 15 is 0 Å². The van der Waals surface area contributed by atoms with E-state index in [9.17, 15) is 19.7 Å². The van der Waals surface area contributed by atoms with Crippen LogP contribution in [0.2, 0.25) is 0 Å². The maximum absolute atomic E-state index is 11.4. The van der Waals surface area contributed by atoms with E-state index in [4.69, 9.17) is 14.2 Å². The normalized spacial score (nSPS) is 10.0. The van der Waals surface area contributed by atoms with Crippen molar-refractivity contribution >= 4 is 17.6 Å². The standard InChI is InChI=1S/C16H21NO7/c1-2-3-10-23-15(18)8-9-16(19)24-12-11-22-14-6-4-13(5-7-14)17(20)21/h4-7H,2-3,8-12H2,1H3. The largest absolute Gasteiger partial charge is 0.490 e. The van der Waals surface area contributed by atoms with E-state index < -0.39 is 16.9 Å². The van der Waals surface area contributed by atoms with Gasteiger partial charge in [-0.25, -0.2) is 0 Å². The molecule has 0 amide bonds. The summed E-state index contributed by atoms with van der Waals surface area (Å²) in [5.41, 5.74) is -0.0281. The number of rotatable bonds is 11. The summed E-state index contributed by atoms with van der Waals surface area (Å²) in [4.78, 5) is 32.8. The molecule has 0 atom stereocenters. The number of nitro benzene ring substituents is 1. The summed E-state index contributed by atoms with van der Waals surface area (Å²) in [6.45, 7) is 2.50. The second-order valence-electron chi connectivity index (χ2n) is 4.89. The summed E-state index contributed by atoms with van der Waals surface area (Å²) in [7, 11) is 0. The van der Waals surface area contributed by atoms with Gasteiger partial charge in [-0.15, -0.1) is 0 Å². The molecule has 8 nitrogen and oxygen atoms in total. The van der Waals surface area contributed by atoms with Gasteiger partial charge in [-0.05, 0) is 18.6 Å². The lowest BCUT2D eigenvalue weighted by atomic mass is 10.3. The molecule has 8 heteroatoms. The van der Waals surface area contributed by atoms with E-state index in [1.165, 1.54) is 24.3 Å². The van der Waals surface area contributed by atoms with Crippen LogP contribution in [-0.4, -0.2) is 36.7 Å². The van der Waals surface area contributed by atoms with E-state index in [2.05, 4.69) is 0 Å². The second kappa shape index (κ2) is 11.0. The molecular formula is C16H21NO7. The third kappa shape index (κ3) is 8.11. The van der Waals surface area contributed by atoms with Crippen LogP contribution in [0.4, 0.5) is 5.69 Å². The summed E-state index contributed by atoms with van der Waals surface area (Å²) < 4.78 is 15.1. The molecule has 0 spiro atoms. The van der Waals surface area contributed by atoms with Crippen molar-refractivity contribution < 1.29 is 28.7 Å². The number of nitrogens with zero attached hydrogens (tertiary/aromatic N) is 1. The number of hydrogen-bond acceptors (Lipinski definition) is 7. The Balaban J connectivity index is 2.12. The van der Waals surface area contributed by atoms with Crippen molar-refractivity contribution in [2.75, 3.05) is 19.8 Å². The summed E-state index contributed by atoms with van der Waals surface area (Å²) in [5, 5.41) is 10.5. The van der Waals surface area contributed by atoms with Crippen LogP contribution >= 0.6 is 0 Å². The molecule has 1 rings (SSSR count). The number of benzene rings is 1. The molecule has 0 aliphatic heterocycles. The van der Waals surface area contributed by atoms with E-state index in [1.54, 1.807) is 0 Å². The summed E-state index contributed by atoms with van der Waals surface area (Å²) >= 11 is 0. The van der Waals surface area contributed by atoms with Crippen LogP contribution < -0.4 is 4.74 Å². The van der Waals surface area contributed by atoms with Crippen LogP contribution in [0.3, 0.4) is 0 Å². The molecule has 0 saturated carbocycles. The van der Waals surface area contributed by atoms with Gasteiger partial charge >= 0.3 is 11.9 Å². The molecule has 0 aromatic heterocycles. The SMILES string of the molecule is CCCCOC(=O)CCC(=O)OCCOc1ccc([N+](=O)[O-])cc1. The van der Waals surface area contributed by atoms with Crippen LogP contribution in [0.15, 0.2) is 24.3 Å². The Morgan fingerprint density at radius 3 is 2.12 bits per heavy atom. The molecule has 0 saturated heterocycles. The number of carbonyl (C=O) groups excluding carboxylic acids is 2. The topological polar surface area (TPSA) is 105 Å². The molecule has 1 aromatic carbocycles. The molecule has 132 valence electrons. The highest BCUT2D eigenvalue weighted by Gasteiger charge is 2.09. The summed E-state index contributed by atoms with van der Waals surface area (Å²) in [6.07, 6.45) is 1.69. The number of non-ortho nitro benzene ring substituents is 1. The first-order chi connectivity index (χ1) is 11.5. The minimum Gasteiger partial charge on any atom is -0.490 e. The second-order valence-corrected chi connectivity index (χ2v) is 4.89. The van der Waals surface area contributed by atoms with E-state index in [0.717, 1.165) is 12.8 Å². The fraction of sp³-hybridized carbons (Fsp3) is 0.500. The van der Waals surface area contributed by atoms with Crippen molar-refractivity contribution in [1.29, 1.82) is 0 Å². The van der Waals surface area contributed by atoms with Gasteiger partial charge in [0.2, 0.25) is 0 Å². The predicted molar refractivity (Wildman–Crippen MR) is 84.7 cm³/mol. The summed E-state index contributed by atoms with van der Waals surface area (Å²) in [5.74, 6) is -0.478. The number of nitro groups is 1. The van der Waals surface area contributed by atoms with Gasteiger partial charge in [-0.2, -0.15) is 0 Å². The smallest absolute Gasteiger partial charge is 0.306 e. The fourth-order valence-electron chi connectivity index (χ4n) is 1.66. The minimum atomic E-state index is -0.505. The molecular weight excluding hydrogens is 318 g/mol. The zero-order valence-corrected chi connectivity index (χ0v) is 13.6. The lowest BCUT2D eigenvalue weighted by Crippen LogP contribution is -2.14. The Kier molecular flexibility index (Phi) is 8.88. The zero-order chi connectivity index (χ0) is 17.8. The average molecular weight is 339 g/mol. The monoisotopic (exact) mass is 339 g/mol. The number of ether oxygens (including phenoxy) is 3. The Bertz CT molecular complexity index is 542. The molecule has 0 fully saturated rings. The van der Waals surface area contributed by atoms with Crippen molar-refractivity contribution in [3.63, 3.8) is 0 Å². The quantitative estimate of drug-likeness (QED) is 0.264. The van der Waals surface area contributed by atoms with Gasteiger partial charge in [-0.3, -0.25) is 19.7 Å². The third-order valence-corrected chi connectivity index (χ3v) is 2.96. The van der Waals surface area contributed by atoms with Crippen LogP contribution in [0.1, 0.15) is 32.6 Å². The van der Waals surface area contributed by atoms with Crippen molar-refractivity contribution in [3.8, 4) is 5.75 Å². The zero-order valence-electron chi connectivity index (χ0n) is 13.6. The molecule has 0 aliphatic rings. The molecule has 0 unspecified atom stereocenters. The van der Waals surface area contributed by atoms with Gasteiger partial charge in [0.05, 0.1) is 24.4 Å². The Morgan fingerprint density at radius 2 is 1.58 bits per heavy atom. The van der Waals surface area contributed by atoms with Gasteiger partial charge in [0.25, 0.3) is 5.69 Å². The predicted octanol–water partition coefficient (Wildman–Crippen LogP) is 2.64. The third-order valence-electron chi connectivity index (χ3n) is 2.96. The first-order valence-electron chi connectivity index (χ1n) is 7.71. The van der Waals surface area contributed by atoms with Crippen molar-refractivity contribution in [2.24, 2.45) is 0 Å². The maximum Gasteiger partial charge on any atom is 0.306 e. The van der Waals surface area contributed by atoms with E-state index in [-0.39, 0.29) is 31.7 Å². The fourth-order valence-corrected chi connectivity index (χ4v) is 1.66. The van der Waals surface area contributed by atoms with Crippen LogP contribution in [0.5, 0.6) is 5.75 Å². The van der Waals surface area contributed by atoms with E-state index in [1.807, 2.05) is 6.92 Å². The van der Waals surface area contributed by atoms with Crippen molar-refractivity contribution in [3.05, 3.63) is 34.4 Å².